The first-order valence-electron chi connectivity index (χ1n) is 7.94. The number of hydrogen-bond donors (Lipinski definition) is 1. The van der Waals surface area contributed by atoms with Crippen LogP contribution in [0.15, 0.2) is 47.6 Å². The Kier molecular flexibility index (Phi) is 4.08. The number of fused-ring (bicyclic) bond motifs is 1. The molecular weight excluding hydrogens is 359 g/mol. The van der Waals surface area contributed by atoms with Crippen LogP contribution in [0, 0.1) is 5.82 Å². The zero-order chi connectivity index (χ0) is 18.3. The molecule has 0 fully saturated rings. The van der Waals surface area contributed by atoms with Gasteiger partial charge in [0, 0.05) is 13.5 Å². The molecule has 1 aliphatic rings. The molecule has 1 unspecified atom stereocenters. The van der Waals surface area contributed by atoms with Gasteiger partial charge in [-0.25, -0.2) is 9.37 Å². The highest BCUT2D eigenvalue weighted by atomic mass is 35.5. The number of imidazole rings is 1. The van der Waals surface area contributed by atoms with Crippen molar-refractivity contribution in [2.24, 2.45) is 12.2 Å². The van der Waals surface area contributed by atoms with Crippen molar-refractivity contribution in [2.75, 3.05) is 5.32 Å². The van der Waals surface area contributed by atoms with Gasteiger partial charge in [0.15, 0.2) is 0 Å². The molecule has 132 valence electrons. The largest absolute Gasteiger partial charge is 0.382 e. The van der Waals surface area contributed by atoms with Gasteiger partial charge in [0.25, 0.3) is 5.91 Å². The summed E-state index contributed by atoms with van der Waals surface area (Å²) in [6.07, 6.45) is -0.753. The SMILES string of the molecule is Cn1c(NC(=O)C2CC(c3c(F)cccc3Cl)=NO2)nc2ccccc21. The molecule has 0 aliphatic carbocycles. The Morgan fingerprint density at radius 3 is 2.88 bits per heavy atom. The maximum atomic E-state index is 14.0. The first-order chi connectivity index (χ1) is 12.5. The number of hydrogen-bond acceptors (Lipinski definition) is 4. The molecule has 2 aromatic carbocycles. The Labute approximate surface area is 153 Å². The van der Waals surface area contributed by atoms with E-state index in [1.165, 1.54) is 12.1 Å². The molecule has 1 aliphatic heterocycles. The van der Waals surface area contributed by atoms with Gasteiger partial charge in [-0.05, 0) is 24.3 Å². The van der Waals surface area contributed by atoms with Crippen LogP contribution in [0.2, 0.25) is 5.02 Å². The minimum atomic E-state index is -0.875. The van der Waals surface area contributed by atoms with Crippen LogP contribution in [-0.2, 0) is 16.7 Å². The van der Waals surface area contributed by atoms with E-state index in [1.807, 2.05) is 31.3 Å². The normalized spacial score (nSPS) is 16.4. The van der Waals surface area contributed by atoms with Crippen molar-refractivity contribution in [1.29, 1.82) is 0 Å². The van der Waals surface area contributed by atoms with Gasteiger partial charge in [0.2, 0.25) is 12.1 Å². The van der Waals surface area contributed by atoms with Crippen molar-refractivity contribution in [3.63, 3.8) is 0 Å². The third kappa shape index (κ3) is 2.80. The molecule has 0 spiro atoms. The second kappa shape index (κ2) is 6.42. The van der Waals surface area contributed by atoms with Crippen molar-refractivity contribution < 1.29 is 14.0 Å². The second-order valence-electron chi connectivity index (χ2n) is 5.91. The Balaban J connectivity index is 1.51. The van der Waals surface area contributed by atoms with Gasteiger partial charge in [-0.15, -0.1) is 0 Å². The van der Waals surface area contributed by atoms with Gasteiger partial charge in [-0.3, -0.25) is 10.1 Å². The lowest BCUT2D eigenvalue weighted by atomic mass is 10.0. The number of benzene rings is 2. The van der Waals surface area contributed by atoms with Crippen molar-refractivity contribution in [3.05, 3.63) is 58.9 Å². The molecule has 1 N–H and O–H groups in total. The lowest BCUT2D eigenvalue weighted by Crippen LogP contribution is -2.29. The Bertz CT molecular complexity index is 1030. The maximum absolute atomic E-state index is 14.0. The van der Waals surface area contributed by atoms with Crippen LogP contribution in [0.3, 0.4) is 0 Å². The molecule has 4 rings (SSSR count). The van der Waals surface area contributed by atoms with Crippen molar-refractivity contribution in [2.45, 2.75) is 12.5 Å². The number of aryl methyl sites for hydroxylation is 1. The highest BCUT2D eigenvalue weighted by Gasteiger charge is 2.31. The number of oxime groups is 1. The average molecular weight is 373 g/mol. The fraction of sp³-hybridized carbons (Fsp3) is 0.167. The standard InChI is InChI=1S/C18H14ClFN4O2/c1-24-14-8-3-2-7-12(14)21-18(24)22-17(25)15-9-13(23-26-15)16-10(19)5-4-6-11(16)20/h2-8,15H,9H2,1H3,(H,21,22,25). The van der Waals surface area contributed by atoms with Gasteiger partial charge in [-0.1, -0.05) is 35.0 Å². The number of nitrogens with one attached hydrogen (secondary N) is 1. The zero-order valence-electron chi connectivity index (χ0n) is 13.7. The summed E-state index contributed by atoms with van der Waals surface area (Å²) in [5.41, 5.74) is 2.13. The smallest absolute Gasteiger partial charge is 0.271 e. The molecule has 1 atom stereocenters. The summed E-state index contributed by atoms with van der Waals surface area (Å²) in [5, 5.41) is 6.80. The van der Waals surface area contributed by atoms with Gasteiger partial charge < -0.3 is 9.40 Å². The third-order valence-corrected chi connectivity index (χ3v) is 4.55. The predicted octanol–water partition coefficient (Wildman–Crippen LogP) is 3.50. The number of amides is 1. The lowest BCUT2D eigenvalue weighted by molar-refractivity contribution is -0.125. The number of para-hydroxylation sites is 2. The van der Waals surface area contributed by atoms with E-state index in [0.717, 1.165) is 11.0 Å². The summed E-state index contributed by atoms with van der Waals surface area (Å²) in [6, 6.07) is 11.9. The maximum Gasteiger partial charge on any atom is 0.271 e. The van der Waals surface area contributed by atoms with E-state index >= 15 is 0 Å². The second-order valence-corrected chi connectivity index (χ2v) is 6.31. The van der Waals surface area contributed by atoms with Crippen LogP contribution in [0.1, 0.15) is 12.0 Å². The van der Waals surface area contributed by atoms with Crippen LogP contribution in [0.5, 0.6) is 0 Å². The molecule has 0 radical (unpaired) electrons. The fourth-order valence-corrected chi connectivity index (χ4v) is 3.16. The fourth-order valence-electron chi connectivity index (χ4n) is 2.89. The summed E-state index contributed by atoms with van der Waals surface area (Å²) in [6.45, 7) is 0. The number of carbonyl (C=O) groups excluding carboxylic acids is 1. The molecule has 1 aromatic heterocycles. The van der Waals surface area contributed by atoms with Gasteiger partial charge in [0.05, 0.1) is 27.3 Å². The van der Waals surface area contributed by atoms with Crippen LogP contribution in [-0.4, -0.2) is 27.3 Å². The average Bonchev–Trinajstić information content (AvgIpc) is 3.21. The molecule has 3 aromatic rings. The van der Waals surface area contributed by atoms with Crippen molar-refractivity contribution in [3.8, 4) is 0 Å². The van der Waals surface area contributed by atoms with Gasteiger partial charge in [-0.2, -0.15) is 0 Å². The molecule has 1 amide bonds. The molecule has 6 nitrogen and oxygen atoms in total. The zero-order valence-corrected chi connectivity index (χ0v) is 14.5. The van der Waals surface area contributed by atoms with Crippen LogP contribution >= 0.6 is 11.6 Å². The number of nitrogens with zero attached hydrogens (tertiary/aromatic N) is 3. The molecular formula is C18H14ClFN4O2. The van der Waals surface area contributed by atoms with E-state index in [-0.39, 0.29) is 17.0 Å². The third-order valence-electron chi connectivity index (χ3n) is 4.23. The highest BCUT2D eigenvalue weighted by Crippen LogP contribution is 2.26. The number of halogens is 2. The molecule has 26 heavy (non-hydrogen) atoms. The van der Waals surface area contributed by atoms with Crippen molar-refractivity contribution in [1.82, 2.24) is 9.55 Å². The van der Waals surface area contributed by atoms with E-state index in [1.54, 1.807) is 10.6 Å². The van der Waals surface area contributed by atoms with E-state index in [2.05, 4.69) is 15.5 Å². The quantitative estimate of drug-likeness (QED) is 0.765. The van der Waals surface area contributed by atoms with Gasteiger partial charge in [0.1, 0.15) is 5.82 Å². The topological polar surface area (TPSA) is 68.5 Å². The first kappa shape index (κ1) is 16.5. The molecule has 8 heteroatoms. The van der Waals surface area contributed by atoms with E-state index in [4.69, 9.17) is 16.4 Å². The van der Waals surface area contributed by atoms with E-state index < -0.39 is 17.8 Å². The van der Waals surface area contributed by atoms with Gasteiger partial charge >= 0.3 is 0 Å². The molecule has 2 heterocycles. The van der Waals surface area contributed by atoms with E-state index in [0.29, 0.717) is 11.7 Å². The van der Waals surface area contributed by atoms with Crippen LogP contribution < -0.4 is 5.32 Å². The summed E-state index contributed by atoms with van der Waals surface area (Å²) in [7, 11) is 1.81. The monoisotopic (exact) mass is 372 g/mol. The molecule has 0 saturated heterocycles. The highest BCUT2D eigenvalue weighted by molar-refractivity contribution is 6.34. The minimum Gasteiger partial charge on any atom is -0.382 e. The lowest BCUT2D eigenvalue weighted by Gasteiger charge is -2.09. The minimum absolute atomic E-state index is 0.121. The van der Waals surface area contributed by atoms with Crippen molar-refractivity contribution >= 4 is 40.2 Å². The molecule has 0 saturated carbocycles. The van der Waals surface area contributed by atoms with Crippen LogP contribution in [0.4, 0.5) is 10.3 Å². The number of anilines is 1. The van der Waals surface area contributed by atoms with E-state index in [9.17, 15) is 9.18 Å². The summed E-state index contributed by atoms with van der Waals surface area (Å²) >= 11 is 6.04. The summed E-state index contributed by atoms with van der Waals surface area (Å²) < 4.78 is 15.8. The number of aromatic nitrogens is 2. The summed E-state index contributed by atoms with van der Waals surface area (Å²) in [4.78, 5) is 22.1. The first-order valence-corrected chi connectivity index (χ1v) is 8.32. The van der Waals surface area contributed by atoms with Crippen LogP contribution in [0.25, 0.3) is 11.0 Å². The summed E-state index contributed by atoms with van der Waals surface area (Å²) in [5.74, 6) is -0.511. The predicted molar refractivity (Wildman–Crippen MR) is 96.8 cm³/mol. The number of carbonyl (C=O) groups is 1. The number of rotatable bonds is 3. The Morgan fingerprint density at radius 1 is 1.31 bits per heavy atom. The molecule has 0 bridgehead atoms. The Hall–Kier alpha value is -2.93. The Morgan fingerprint density at radius 2 is 2.12 bits per heavy atom.